The summed E-state index contributed by atoms with van der Waals surface area (Å²) < 4.78 is 26.2. The predicted molar refractivity (Wildman–Crippen MR) is 66.5 cm³/mol. The molecule has 2 rings (SSSR count). The number of hydrogen-bond acceptors (Lipinski definition) is 3. The van der Waals surface area contributed by atoms with Gasteiger partial charge in [0.1, 0.15) is 5.75 Å². The largest absolute Gasteiger partial charge is 1.00 e. The van der Waals surface area contributed by atoms with E-state index in [2.05, 4.69) is 4.72 Å². The summed E-state index contributed by atoms with van der Waals surface area (Å²) in [6.45, 7) is 0. The van der Waals surface area contributed by atoms with Crippen molar-refractivity contribution in [3.63, 3.8) is 0 Å². The molecule has 0 spiro atoms. The van der Waals surface area contributed by atoms with E-state index in [-0.39, 0.29) is 41.6 Å². The van der Waals surface area contributed by atoms with Gasteiger partial charge in [0.15, 0.2) is 0 Å². The molecule has 18 heavy (non-hydrogen) atoms. The number of hydrogen-bond donors (Lipinski definition) is 2. The fourth-order valence-corrected chi connectivity index (χ4v) is 2.42. The Hall–Kier alpha value is -1.01. The molecule has 0 aliphatic carbocycles. The number of phenols is 1. The van der Waals surface area contributed by atoms with Gasteiger partial charge in [0.05, 0.1) is 4.90 Å². The predicted octanol–water partition coefficient (Wildman–Crippen LogP) is -0.691. The van der Waals surface area contributed by atoms with E-state index in [1.807, 2.05) is 0 Å². The van der Waals surface area contributed by atoms with Crippen molar-refractivity contribution in [3.8, 4) is 5.75 Å². The summed E-state index contributed by atoms with van der Waals surface area (Å²) in [5, 5.41) is 9.09. The van der Waals surface area contributed by atoms with Crippen LogP contribution in [-0.4, -0.2) is 13.5 Å². The fourth-order valence-electron chi connectivity index (χ4n) is 1.34. The van der Waals surface area contributed by atoms with Crippen LogP contribution in [-0.2, 0) is 10.0 Å². The molecule has 90 valence electrons. The zero-order valence-corrected chi connectivity index (χ0v) is 12.7. The van der Waals surface area contributed by atoms with Crippen LogP contribution in [0, 0.1) is 0 Å². The first-order chi connectivity index (χ1) is 8.08. The molecule has 0 heterocycles. The van der Waals surface area contributed by atoms with E-state index in [4.69, 9.17) is 5.11 Å². The van der Waals surface area contributed by atoms with Gasteiger partial charge in [-0.15, -0.1) is 0 Å². The second-order valence-corrected chi connectivity index (χ2v) is 5.15. The van der Waals surface area contributed by atoms with E-state index in [0.717, 1.165) is 0 Å². The molecule has 0 aliphatic rings. The number of phenolic OH excluding ortho intramolecular Hbond substituents is 1. The van der Waals surface area contributed by atoms with Gasteiger partial charge in [0, 0.05) is 5.69 Å². The molecule has 0 saturated carbocycles. The number of rotatable bonds is 3. The van der Waals surface area contributed by atoms with Gasteiger partial charge in [0.2, 0.25) is 0 Å². The quantitative estimate of drug-likeness (QED) is 0.574. The van der Waals surface area contributed by atoms with Gasteiger partial charge in [-0.2, -0.15) is 0 Å². The molecule has 0 atom stereocenters. The van der Waals surface area contributed by atoms with Gasteiger partial charge in [-0.05, 0) is 36.4 Å². The number of nitrogens with one attached hydrogen (secondary N) is 1. The summed E-state index contributed by atoms with van der Waals surface area (Å²) in [5.41, 5.74) is 0.409. The van der Waals surface area contributed by atoms with Crippen LogP contribution in [0.1, 0.15) is 1.43 Å². The minimum atomic E-state index is -3.56. The first-order valence-corrected chi connectivity index (χ1v) is 6.43. The monoisotopic (exact) mass is 273 g/mol. The normalized spacial score (nSPS) is 10.4. The van der Waals surface area contributed by atoms with E-state index < -0.39 is 10.0 Å². The Labute approximate surface area is 129 Å². The van der Waals surface area contributed by atoms with Gasteiger partial charge in [0.25, 0.3) is 10.0 Å². The van der Waals surface area contributed by atoms with Crippen LogP contribution in [0.15, 0.2) is 59.5 Å². The van der Waals surface area contributed by atoms with Gasteiger partial charge >= 0.3 is 29.6 Å². The first kappa shape index (κ1) is 15.0. The van der Waals surface area contributed by atoms with Crippen LogP contribution < -0.4 is 34.3 Å². The Balaban J connectivity index is 0.00000162. The molecule has 0 amide bonds. The number of aromatic hydroxyl groups is 1. The van der Waals surface area contributed by atoms with E-state index in [9.17, 15) is 8.42 Å². The summed E-state index contributed by atoms with van der Waals surface area (Å²) in [4.78, 5) is 0.202. The topological polar surface area (TPSA) is 66.4 Å². The molecule has 0 unspecified atom stereocenters. The van der Waals surface area contributed by atoms with Crippen molar-refractivity contribution in [2.75, 3.05) is 4.72 Å². The molecule has 0 fully saturated rings. The van der Waals surface area contributed by atoms with Crippen LogP contribution in [0.4, 0.5) is 5.69 Å². The van der Waals surface area contributed by atoms with Gasteiger partial charge in [-0.3, -0.25) is 4.72 Å². The van der Waals surface area contributed by atoms with E-state index in [1.54, 1.807) is 18.2 Å². The Bertz CT molecular complexity index is 603. The maximum atomic E-state index is 11.9. The Morgan fingerprint density at radius 2 is 1.50 bits per heavy atom. The molecule has 2 N–H and O–H groups in total. The molecule has 4 nitrogen and oxygen atoms in total. The Morgan fingerprint density at radius 1 is 0.944 bits per heavy atom. The molecule has 2 aromatic carbocycles. The number of benzene rings is 2. The maximum Gasteiger partial charge on any atom is 1.00 e. The molecule has 0 bridgehead atoms. The van der Waals surface area contributed by atoms with E-state index in [1.165, 1.54) is 36.4 Å². The third-order valence-electron chi connectivity index (χ3n) is 2.17. The van der Waals surface area contributed by atoms with Crippen molar-refractivity contribution in [1.29, 1.82) is 0 Å². The van der Waals surface area contributed by atoms with Gasteiger partial charge in [-0.1, -0.05) is 18.2 Å². The van der Waals surface area contributed by atoms with Crippen molar-refractivity contribution in [2.24, 2.45) is 0 Å². The van der Waals surface area contributed by atoms with E-state index in [0.29, 0.717) is 5.69 Å². The Kier molecular flexibility index (Phi) is 5.22. The second-order valence-electron chi connectivity index (χ2n) is 3.47. The maximum absolute atomic E-state index is 11.9. The van der Waals surface area contributed by atoms with Crippen LogP contribution in [0.2, 0.25) is 0 Å². The average molecular weight is 273 g/mol. The van der Waals surface area contributed by atoms with Crippen molar-refractivity contribution < 1.29 is 44.5 Å². The summed E-state index contributed by atoms with van der Waals surface area (Å²) in [6.07, 6.45) is 0. The van der Waals surface area contributed by atoms with Gasteiger partial charge < -0.3 is 6.53 Å². The zero-order valence-electron chi connectivity index (χ0n) is 10.9. The summed E-state index contributed by atoms with van der Waals surface area (Å²) in [5.74, 6) is 0.0904. The molecular formula is C12H12NNaO3S. The summed E-state index contributed by atoms with van der Waals surface area (Å²) in [6, 6.07) is 13.9. The summed E-state index contributed by atoms with van der Waals surface area (Å²) in [7, 11) is -3.56. The average Bonchev–Trinajstić information content (AvgIpc) is 2.33. The van der Waals surface area contributed by atoms with Crippen LogP contribution in [0.3, 0.4) is 0 Å². The van der Waals surface area contributed by atoms with Crippen LogP contribution in [0.25, 0.3) is 0 Å². The molecular weight excluding hydrogens is 261 g/mol. The molecule has 6 heteroatoms. The Morgan fingerprint density at radius 3 is 2.06 bits per heavy atom. The minimum Gasteiger partial charge on any atom is -1.00 e. The van der Waals surface area contributed by atoms with E-state index >= 15 is 0 Å². The summed E-state index contributed by atoms with van der Waals surface area (Å²) >= 11 is 0. The zero-order chi connectivity index (χ0) is 12.3. The van der Waals surface area contributed by atoms with Crippen molar-refractivity contribution in [1.82, 2.24) is 0 Å². The standard InChI is InChI=1S/C12H11NO3S.Na.H/c14-11-8-6-10(7-9-11)13-17(15,16)12-4-2-1-3-5-12;;/h1-9,13-14H;;/q;+1;-1. The molecule has 0 saturated heterocycles. The fraction of sp³-hybridized carbons (Fsp3) is 0. The van der Waals surface area contributed by atoms with Crippen LogP contribution >= 0.6 is 0 Å². The number of anilines is 1. The first-order valence-electron chi connectivity index (χ1n) is 4.95. The van der Waals surface area contributed by atoms with Gasteiger partial charge in [-0.25, -0.2) is 8.42 Å². The smallest absolute Gasteiger partial charge is 1.00 e. The second kappa shape index (κ2) is 6.24. The van der Waals surface area contributed by atoms with Crippen molar-refractivity contribution >= 4 is 15.7 Å². The molecule has 0 aromatic heterocycles. The third kappa shape index (κ3) is 3.74. The third-order valence-corrected chi connectivity index (χ3v) is 3.57. The van der Waals surface area contributed by atoms with Crippen molar-refractivity contribution in [2.45, 2.75) is 4.90 Å². The molecule has 0 aliphatic heterocycles. The molecule has 2 aromatic rings. The van der Waals surface area contributed by atoms with Crippen LogP contribution in [0.5, 0.6) is 5.75 Å². The minimum absolute atomic E-state index is 0. The van der Waals surface area contributed by atoms with Crippen molar-refractivity contribution in [3.05, 3.63) is 54.6 Å². The number of sulfonamides is 1. The molecule has 0 radical (unpaired) electrons. The SMILES string of the molecule is O=S(=O)(Nc1ccc(O)cc1)c1ccccc1.[H-].[Na+].